The summed E-state index contributed by atoms with van der Waals surface area (Å²) in [5.74, 6) is -0.816. The van der Waals surface area contributed by atoms with Gasteiger partial charge in [-0.3, -0.25) is 9.48 Å². The standard InChI is InChI=1S/C19H19N5O3/c1-11-15(19(26)27)9-21-24(11)14-5-3-4-13(8-14)22-18(25)16-10-20-23(2)17(16)12-6-7-12/h3-5,8-10,12H,6-7H2,1-2H3,(H,22,25)(H,26,27). The van der Waals surface area contributed by atoms with E-state index in [1.807, 2.05) is 7.05 Å². The van der Waals surface area contributed by atoms with E-state index >= 15 is 0 Å². The van der Waals surface area contributed by atoms with Crippen molar-refractivity contribution in [3.05, 3.63) is 59.2 Å². The van der Waals surface area contributed by atoms with Crippen molar-refractivity contribution in [1.82, 2.24) is 19.6 Å². The largest absolute Gasteiger partial charge is 0.478 e. The molecule has 1 amide bonds. The van der Waals surface area contributed by atoms with Gasteiger partial charge >= 0.3 is 5.97 Å². The second-order valence-corrected chi connectivity index (χ2v) is 6.71. The number of hydrogen-bond donors (Lipinski definition) is 2. The van der Waals surface area contributed by atoms with Crippen LogP contribution in [0.4, 0.5) is 5.69 Å². The number of hydrogen-bond acceptors (Lipinski definition) is 4. The molecule has 1 aliphatic rings. The van der Waals surface area contributed by atoms with Crippen LogP contribution < -0.4 is 5.32 Å². The van der Waals surface area contributed by atoms with Gasteiger partial charge in [0, 0.05) is 18.7 Å². The number of anilines is 1. The Morgan fingerprint density at radius 2 is 1.93 bits per heavy atom. The minimum atomic E-state index is -1.02. The first-order valence-electron chi connectivity index (χ1n) is 8.67. The van der Waals surface area contributed by atoms with Gasteiger partial charge in [-0.2, -0.15) is 10.2 Å². The topological polar surface area (TPSA) is 102 Å². The van der Waals surface area contributed by atoms with E-state index in [2.05, 4.69) is 15.5 Å². The zero-order chi connectivity index (χ0) is 19.1. The molecule has 8 nitrogen and oxygen atoms in total. The van der Waals surface area contributed by atoms with Crippen molar-refractivity contribution < 1.29 is 14.7 Å². The average molecular weight is 365 g/mol. The number of carbonyl (C=O) groups is 2. The van der Waals surface area contributed by atoms with Gasteiger partial charge in [-0.25, -0.2) is 9.48 Å². The fourth-order valence-corrected chi connectivity index (χ4v) is 3.26. The second-order valence-electron chi connectivity index (χ2n) is 6.71. The van der Waals surface area contributed by atoms with Crippen LogP contribution in [0, 0.1) is 6.92 Å². The molecule has 8 heteroatoms. The average Bonchev–Trinajstić information content (AvgIpc) is 3.28. The molecule has 2 heterocycles. The molecule has 0 bridgehead atoms. The van der Waals surface area contributed by atoms with E-state index in [1.54, 1.807) is 46.7 Å². The SMILES string of the molecule is Cc1c(C(=O)O)cnn1-c1cccc(NC(=O)c2cnn(C)c2C2CC2)c1. The smallest absolute Gasteiger partial charge is 0.339 e. The molecule has 27 heavy (non-hydrogen) atoms. The molecular formula is C19H19N5O3. The lowest BCUT2D eigenvalue weighted by Crippen LogP contribution is -2.14. The summed E-state index contributed by atoms with van der Waals surface area (Å²) >= 11 is 0. The number of aryl methyl sites for hydroxylation is 1. The summed E-state index contributed by atoms with van der Waals surface area (Å²) in [5, 5.41) is 20.5. The van der Waals surface area contributed by atoms with E-state index < -0.39 is 5.97 Å². The van der Waals surface area contributed by atoms with Crippen molar-refractivity contribution in [3.63, 3.8) is 0 Å². The van der Waals surface area contributed by atoms with E-state index in [0.29, 0.717) is 28.6 Å². The third-order valence-electron chi connectivity index (χ3n) is 4.78. The molecule has 1 saturated carbocycles. The zero-order valence-corrected chi connectivity index (χ0v) is 15.0. The fraction of sp³-hybridized carbons (Fsp3) is 0.263. The Morgan fingerprint density at radius 3 is 2.59 bits per heavy atom. The maximum Gasteiger partial charge on any atom is 0.339 e. The summed E-state index contributed by atoms with van der Waals surface area (Å²) in [6.07, 6.45) is 5.09. The molecule has 1 aliphatic carbocycles. The number of amides is 1. The molecule has 0 unspecified atom stereocenters. The summed E-state index contributed by atoms with van der Waals surface area (Å²) in [5.41, 5.74) is 3.51. The number of nitrogens with one attached hydrogen (secondary N) is 1. The quantitative estimate of drug-likeness (QED) is 0.724. The molecule has 3 aromatic rings. The van der Waals surface area contributed by atoms with E-state index in [0.717, 1.165) is 18.5 Å². The fourth-order valence-electron chi connectivity index (χ4n) is 3.26. The van der Waals surface area contributed by atoms with Gasteiger partial charge in [0.1, 0.15) is 5.56 Å². The number of nitrogens with zero attached hydrogens (tertiary/aromatic N) is 4. The molecule has 0 spiro atoms. The maximum absolute atomic E-state index is 12.7. The first-order chi connectivity index (χ1) is 13.0. The van der Waals surface area contributed by atoms with Crippen LogP contribution in [0.3, 0.4) is 0 Å². The van der Waals surface area contributed by atoms with Gasteiger partial charge in [0.15, 0.2) is 0 Å². The van der Waals surface area contributed by atoms with Crippen LogP contribution in [0.1, 0.15) is 50.9 Å². The van der Waals surface area contributed by atoms with E-state index in [4.69, 9.17) is 0 Å². The highest BCUT2D eigenvalue weighted by Crippen LogP contribution is 2.41. The minimum absolute atomic E-state index is 0.147. The summed E-state index contributed by atoms with van der Waals surface area (Å²) in [6, 6.07) is 7.14. The lowest BCUT2D eigenvalue weighted by atomic mass is 10.1. The molecule has 4 rings (SSSR count). The number of carboxylic acids is 1. The molecule has 0 saturated heterocycles. The normalized spacial score (nSPS) is 13.6. The highest BCUT2D eigenvalue weighted by Gasteiger charge is 2.31. The zero-order valence-electron chi connectivity index (χ0n) is 15.0. The molecule has 138 valence electrons. The molecule has 2 aromatic heterocycles. The Kier molecular flexibility index (Phi) is 4.02. The number of benzene rings is 1. The summed E-state index contributed by atoms with van der Waals surface area (Å²) in [4.78, 5) is 23.9. The number of carbonyl (C=O) groups excluding carboxylic acids is 1. The number of carboxylic acid groups (broad SMARTS) is 1. The van der Waals surface area contributed by atoms with Crippen molar-refractivity contribution in [2.24, 2.45) is 7.05 Å². The predicted molar refractivity (Wildman–Crippen MR) is 98.4 cm³/mol. The highest BCUT2D eigenvalue weighted by atomic mass is 16.4. The first kappa shape index (κ1) is 17.0. The Morgan fingerprint density at radius 1 is 1.19 bits per heavy atom. The maximum atomic E-state index is 12.7. The van der Waals surface area contributed by atoms with Crippen LogP contribution in [-0.4, -0.2) is 36.5 Å². The Labute approximate surface area is 155 Å². The van der Waals surface area contributed by atoms with Gasteiger partial charge in [-0.1, -0.05) is 6.07 Å². The Bertz CT molecular complexity index is 1050. The highest BCUT2D eigenvalue weighted by molar-refractivity contribution is 6.05. The third kappa shape index (κ3) is 3.10. The van der Waals surface area contributed by atoms with Crippen molar-refractivity contribution in [3.8, 4) is 5.69 Å². The van der Waals surface area contributed by atoms with Gasteiger partial charge in [-0.15, -0.1) is 0 Å². The number of rotatable bonds is 5. The van der Waals surface area contributed by atoms with Crippen LogP contribution >= 0.6 is 0 Å². The van der Waals surface area contributed by atoms with E-state index in [9.17, 15) is 14.7 Å². The van der Waals surface area contributed by atoms with Crippen molar-refractivity contribution >= 4 is 17.6 Å². The second kappa shape index (κ2) is 6.39. The van der Waals surface area contributed by atoms with Crippen LogP contribution in [-0.2, 0) is 7.05 Å². The van der Waals surface area contributed by atoms with Gasteiger partial charge in [-0.05, 0) is 38.0 Å². The van der Waals surface area contributed by atoms with Gasteiger partial charge < -0.3 is 10.4 Å². The van der Waals surface area contributed by atoms with Crippen molar-refractivity contribution in [1.29, 1.82) is 0 Å². The summed E-state index contributed by atoms with van der Waals surface area (Å²) in [7, 11) is 1.85. The van der Waals surface area contributed by atoms with Crippen molar-refractivity contribution in [2.45, 2.75) is 25.7 Å². The predicted octanol–water partition coefficient (Wildman–Crippen LogP) is 2.74. The molecule has 1 fully saturated rings. The minimum Gasteiger partial charge on any atom is -0.478 e. The molecule has 0 atom stereocenters. The third-order valence-corrected chi connectivity index (χ3v) is 4.78. The van der Waals surface area contributed by atoms with Crippen LogP contribution in [0.2, 0.25) is 0 Å². The summed E-state index contributed by atoms with van der Waals surface area (Å²) < 4.78 is 3.31. The van der Waals surface area contributed by atoms with Crippen LogP contribution in [0.15, 0.2) is 36.7 Å². The van der Waals surface area contributed by atoms with Gasteiger partial charge in [0.25, 0.3) is 5.91 Å². The molecule has 2 N–H and O–H groups in total. The molecule has 0 radical (unpaired) electrons. The molecule has 1 aromatic carbocycles. The van der Waals surface area contributed by atoms with E-state index in [-0.39, 0.29) is 11.5 Å². The van der Waals surface area contributed by atoms with Crippen LogP contribution in [0.5, 0.6) is 0 Å². The lowest BCUT2D eigenvalue weighted by Gasteiger charge is -2.10. The van der Waals surface area contributed by atoms with Crippen LogP contribution in [0.25, 0.3) is 5.69 Å². The Hall–Kier alpha value is -3.42. The molecular weight excluding hydrogens is 346 g/mol. The first-order valence-corrected chi connectivity index (χ1v) is 8.67. The van der Waals surface area contributed by atoms with Gasteiger partial charge in [0.2, 0.25) is 0 Å². The monoisotopic (exact) mass is 365 g/mol. The van der Waals surface area contributed by atoms with Crippen molar-refractivity contribution in [2.75, 3.05) is 5.32 Å². The summed E-state index contributed by atoms with van der Waals surface area (Å²) in [6.45, 7) is 1.69. The Balaban J connectivity index is 1.60. The number of aromatic carboxylic acids is 1. The number of aromatic nitrogens is 4. The van der Waals surface area contributed by atoms with E-state index in [1.165, 1.54) is 6.20 Å². The lowest BCUT2D eigenvalue weighted by molar-refractivity contribution is 0.0696. The van der Waals surface area contributed by atoms with Gasteiger partial charge in [0.05, 0.1) is 35.0 Å². The molecule has 0 aliphatic heterocycles.